The zero-order valence-corrected chi connectivity index (χ0v) is 16.0. The summed E-state index contributed by atoms with van der Waals surface area (Å²) in [6.45, 7) is 1.82. The lowest BCUT2D eigenvalue weighted by Gasteiger charge is -2.09. The molecule has 2 N–H and O–H groups in total. The van der Waals surface area contributed by atoms with E-state index in [4.69, 9.17) is 4.52 Å². The van der Waals surface area contributed by atoms with E-state index >= 15 is 0 Å². The van der Waals surface area contributed by atoms with Gasteiger partial charge in [-0.05, 0) is 31.2 Å². The summed E-state index contributed by atoms with van der Waals surface area (Å²) in [5.41, 5.74) is 2.37. The number of aromatic amines is 1. The van der Waals surface area contributed by atoms with Crippen LogP contribution in [0.1, 0.15) is 21.8 Å². The normalized spacial score (nSPS) is 10.8. The van der Waals surface area contributed by atoms with Crippen molar-refractivity contribution < 1.29 is 13.8 Å². The first kappa shape index (κ1) is 18.7. The number of anilines is 1. The van der Waals surface area contributed by atoms with E-state index in [0.717, 1.165) is 11.5 Å². The van der Waals surface area contributed by atoms with E-state index in [0.29, 0.717) is 27.6 Å². The second-order valence-corrected chi connectivity index (χ2v) is 7.02. The number of nitrogens with one attached hydrogen (secondary N) is 2. The fourth-order valence-corrected chi connectivity index (χ4v) is 3.48. The van der Waals surface area contributed by atoms with Gasteiger partial charge in [0.05, 0.1) is 11.3 Å². The van der Waals surface area contributed by atoms with E-state index < -0.39 is 5.76 Å². The molecule has 10 heteroatoms. The van der Waals surface area contributed by atoms with Gasteiger partial charge in [-0.1, -0.05) is 34.2 Å². The van der Waals surface area contributed by atoms with Crippen LogP contribution in [-0.4, -0.2) is 26.2 Å². The van der Waals surface area contributed by atoms with Gasteiger partial charge in [-0.3, -0.25) is 14.3 Å². The molecule has 3 heterocycles. The summed E-state index contributed by atoms with van der Waals surface area (Å²) in [6, 6.07) is 12.2. The number of H-pyrrole nitrogens is 1. The molecule has 0 aliphatic rings. The van der Waals surface area contributed by atoms with Gasteiger partial charge in [0.2, 0.25) is 0 Å². The van der Waals surface area contributed by atoms with Crippen molar-refractivity contribution in [1.82, 2.24) is 20.3 Å². The highest BCUT2D eigenvalue weighted by Gasteiger charge is 2.15. The number of hydrogen-bond acceptors (Lipinski definition) is 8. The Balaban J connectivity index is 1.51. The molecule has 0 unspecified atom stereocenters. The van der Waals surface area contributed by atoms with Crippen LogP contribution in [0.25, 0.3) is 11.4 Å². The Hall–Kier alpha value is -3.66. The fourth-order valence-electron chi connectivity index (χ4n) is 2.60. The summed E-state index contributed by atoms with van der Waals surface area (Å²) in [4.78, 5) is 30.7. The average Bonchev–Trinajstić information content (AvgIpc) is 3.35. The van der Waals surface area contributed by atoms with Crippen molar-refractivity contribution in [1.29, 1.82) is 0 Å². The quantitative estimate of drug-likeness (QED) is 0.465. The van der Waals surface area contributed by atoms with Gasteiger partial charge in [0.15, 0.2) is 5.82 Å². The van der Waals surface area contributed by atoms with Crippen molar-refractivity contribution in [3.8, 4) is 11.4 Å². The van der Waals surface area contributed by atoms with Crippen LogP contribution < -0.4 is 11.1 Å². The molecule has 146 valence electrons. The van der Waals surface area contributed by atoms with Crippen LogP contribution in [0.3, 0.4) is 0 Å². The Morgan fingerprint density at radius 3 is 2.83 bits per heavy atom. The molecule has 0 bridgehead atoms. The van der Waals surface area contributed by atoms with Crippen molar-refractivity contribution in [3.63, 3.8) is 0 Å². The highest BCUT2D eigenvalue weighted by Crippen LogP contribution is 2.25. The number of thioether (sulfide) groups is 1. The molecular formula is C19H15N5O4S. The van der Waals surface area contributed by atoms with Crippen molar-refractivity contribution in [2.45, 2.75) is 17.7 Å². The number of aryl methyl sites for hydroxylation is 1. The van der Waals surface area contributed by atoms with Crippen LogP contribution in [0.4, 0.5) is 5.69 Å². The lowest BCUT2D eigenvalue weighted by molar-refractivity contribution is 0.102. The lowest BCUT2D eigenvalue weighted by Crippen LogP contribution is -2.13. The van der Waals surface area contributed by atoms with Crippen LogP contribution in [-0.2, 0) is 5.75 Å². The van der Waals surface area contributed by atoms with Gasteiger partial charge in [-0.2, -0.15) is 0 Å². The molecule has 9 nitrogen and oxygen atoms in total. The Morgan fingerprint density at radius 1 is 1.17 bits per heavy atom. The maximum Gasteiger partial charge on any atom is 0.439 e. The zero-order chi connectivity index (χ0) is 20.2. The topological polar surface area (TPSA) is 127 Å². The summed E-state index contributed by atoms with van der Waals surface area (Å²) < 4.78 is 9.58. The number of benzene rings is 1. The van der Waals surface area contributed by atoms with Gasteiger partial charge in [0, 0.05) is 29.3 Å². The van der Waals surface area contributed by atoms with Crippen molar-refractivity contribution in [2.75, 3.05) is 5.32 Å². The zero-order valence-electron chi connectivity index (χ0n) is 15.2. The van der Waals surface area contributed by atoms with Gasteiger partial charge in [-0.15, -0.1) is 0 Å². The summed E-state index contributed by atoms with van der Waals surface area (Å²) in [6.07, 6.45) is 1.63. The lowest BCUT2D eigenvalue weighted by atomic mass is 10.2. The minimum absolute atomic E-state index is 0.284. The van der Waals surface area contributed by atoms with E-state index in [1.165, 1.54) is 11.8 Å². The third-order valence-electron chi connectivity index (χ3n) is 3.88. The number of nitrogens with zero attached hydrogens (tertiary/aromatic N) is 3. The van der Waals surface area contributed by atoms with E-state index in [9.17, 15) is 9.59 Å². The number of carbonyl (C=O) groups excluding carboxylic acids is 1. The number of pyridine rings is 1. The smallest absolute Gasteiger partial charge is 0.361 e. The predicted octanol–water partition coefficient (Wildman–Crippen LogP) is 3.27. The van der Waals surface area contributed by atoms with E-state index in [2.05, 4.69) is 30.1 Å². The van der Waals surface area contributed by atoms with Gasteiger partial charge >= 0.3 is 5.76 Å². The Bertz CT molecular complexity index is 1210. The molecule has 0 atom stereocenters. The summed E-state index contributed by atoms with van der Waals surface area (Å²) in [7, 11) is 0. The van der Waals surface area contributed by atoms with E-state index in [1.807, 2.05) is 13.0 Å². The highest BCUT2D eigenvalue weighted by molar-refractivity contribution is 7.98. The Labute approximate surface area is 168 Å². The van der Waals surface area contributed by atoms with Crippen LogP contribution >= 0.6 is 11.8 Å². The summed E-state index contributed by atoms with van der Waals surface area (Å²) in [5.74, 6) is 0.597. The third kappa shape index (κ3) is 4.43. The fraction of sp³-hybridized carbons (Fsp3) is 0.105. The molecule has 0 aliphatic heterocycles. The molecule has 0 saturated heterocycles. The predicted molar refractivity (Wildman–Crippen MR) is 106 cm³/mol. The first-order chi connectivity index (χ1) is 14.1. The number of carbonyl (C=O) groups is 1. The second-order valence-electron chi connectivity index (χ2n) is 6.05. The van der Waals surface area contributed by atoms with Crippen molar-refractivity contribution in [3.05, 3.63) is 76.2 Å². The molecule has 1 aromatic carbocycles. The number of rotatable bonds is 6. The molecule has 0 aliphatic carbocycles. The maximum absolute atomic E-state index is 12.8. The Morgan fingerprint density at radius 2 is 2.07 bits per heavy atom. The molecule has 0 saturated carbocycles. The van der Waals surface area contributed by atoms with Crippen LogP contribution in [0.5, 0.6) is 0 Å². The molecule has 29 heavy (non-hydrogen) atoms. The Kier molecular flexibility index (Phi) is 5.25. The minimum atomic E-state index is -0.645. The highest BCUT2D eigenvalue weighted by atomic mass is 32.2. The van der Waals surface area contributed by atoms with Gasteiger partial charge in [-0.25, -0.2) is 9.78 Å². The standard InChI is InChI=1S/C19H15N5O4S/c1-11-8-14(23-27-11)10-29-18-15(6-3-7-20-18)17(25)21-13-5-2-4-12(9-13)16-22-19(26)28-24-16/h2-9H,10H2,1H3,(H,21,25)(H,22,24,26). The molecule has 3 aromatic heterocycles. The van der Waals surface area contributed by atoms with Crippen LogP contribution in [0, 0.1) is 6.92 Å². The molecule has 1 amide bonds. The average molecular weight is 409 g/mol. The largest absolute Gasteiger partial charge is 0.439 e. The summed E-state index contributed by atoms with van der Waals surface area (Å²) in [5, 5.41) is 11.0. The number of hydrogen-bond donors (Lipinski definition) is 2. The molecule has 0 spiro atoms. The van der Waals surface area contributed by atoms with Gasteiger partial charge in [0.25, 0.3) is 5.91 Å². The van der Waals surface area contributed by atoms with E-state index in [-0.39, 0.29) is 11.7 Å². The third-order valence-corrected chi connectivity index (χ3v) is 4.92. The summed E-state index contributed by atoms with van der Waals surface area (Å²) >= 11 is 1.40. The molecule has 0 radical (unpaired) electrons. The molecule has 4 aromatic rings. The van der Waals surface area contributed by atoms with Crippen molar-refractivity contribution >= 4 is 23.4 Å². The minimum Gasteiger partial charge on any atom is -0.361 e. The van der Waals surface area contributed by atoms with E-state index in [1.54, 1.807) is 42.6 Å². The van der Waals surface area contributed by atoms with Gasteiger partial charge < -0.3 is 9.84 Å². The first-order valence-corrected chi connectivity index (χ1v) is 9.55. The number of aromatic nitrogens is 4. The second kappa shape index (κ2) is 8.15. The molecule has 0 fully saturated rings. The molecule has 4 rings (SSSR count). The molecular weight excluding hydrogens is 394 g/mol. The van der Waals surface area contributed by atoms with Crippen molar-refractivity contribution in [2.24, 2.45) is 0 Å². The van der Waals surface area contributed by atoms with Crippen LogP contribution in [0.15, 0.2) is 67.5 Å². The first-order valence-electron chi connectivity index (χ1n) is 8.56. The van der Waals surface area contributed by atoms with Crippen LogP contribution in [0.2, 0.25) is 0 Å². The maximum atomic E-state index is 12.8. The SMILES string of the molecule is Cc1cc(CSc2ncccc2C(=O)Nc2cccc(-c3noc(=O)[nH]3)c2)no1. The van der Waals surface area contributed by atoms with Gasteiger partial charge in [0.1, 0.15) is 10.8 Å². The number of amides is 1. The monoisotopic (exact) mass is 409 g/mol.